The molecule has 0 amide bonds. The maximum Gasteiger partial charge on any atom is 0.1000 e. The van der Waals surface area contributed by atoms with E-state index in [4.69, 9.17) is 5.41 Å². The van der Waals surface area contributed by atoms with Crippen LogP contribution in [0.4, 0.5) is 5.69 Å². The Balaban J connectivity index is 2.68. The van der Waals surface area contributed by atoms with Gasteiger partial charge in [-0.15, -0.1) is 0 Å². The zero-order valence-electron chi connectivity index (χ0n) is 8.12. The maximum absolute atomic E-state index is 7.73. The molecule has 0 saturated carbocycles. The van der Waals surface area contributed by atoms with Crippen molar-refractivity contribution in [2.24, 2.45) is 0 Å². The second-order valence-corrected chi connectivity index (χ2v) is 2.97. The molecule has 0 atom stereocenters. The maximum atomic E-state index is 7.73. The predicted molar refractivity (Wildman–Crippen MR) is 55.3 cm³/mol. The fourth-order valence-electron chi connectivity index (χ4n) is 1.11. The normalized spacial score (nSPS) is 9.69. The summed E-state index contributed by atoms with van der Waals surface area (Å²) in [6.07, 6.45) is 5.32. The van der Waals surface area contributed by atoms with Crippen LogP contribution in [0.2, 0.25) is 0 Å². The molecule has 13 heavy (non-hydrogen) atoms. The first-order chi connectivity index (χ1) is 6.25. The second kappa shape index (κ2) is 4.60. The van der Waals surface area contributed by atoms with Crippen LogP contribution in [0.15, 0.2) is 24.5 Å². The van der Waals surface area contributed by atoms with Crippen LogP contribution in [0.1, 0.15) is 19.8 Å². The molecule has 0 aliphatic rings. The molecule has 0 radical (unpaired) electrons. The van der Waals surface area contributed by atoms with Crippen molar-refractivity contribution in [1.82, 2.24) is 4.98 Å². The summed E-state index contributed by atoms with van der Waals surface area (Å²) in [6, 6.07) is 3.84. The van der Waals surface area contributed by atoms with Gasteiger partial charge in [-0.25, -0.2) is 0 Å². The van der Waals surface area contributed by atoms with E-state index in [2.05, 4.69) is 11.9 Å². The molecular weight excluding hydrogens is 162 g/mol. The topological polar surface area (TPSA) is 40.0 Å². The first kappa shape index (κ1) is 9.71. The van der Waals surface area contributed by atoms with Crippen LogP contribution < -0.4 is 4.90 Å². The summed E-state index contributed by atoms with van der Waals surface area (Å²) in [6.45, 7) is 2.08. The van der Waals surface area contributed by atoms with Gasteiger partial charge in [-0.05, 0) is 18.6 Å². The number of rotatable bonds is 3. The molecule has 70 valence electrons. The zero-order valence-corrected chi connectivity index (χ0v) is 8.12. The summed E-state index contributed by atoms with van der Waals surface area (Å²) in [5.74, 6) is 0.635. The third-order valence-corrected chi connectivity index (χ3v) is 1.92. The Morgan fingerprint density at radius 1 is 1.62 bits per heavy atom. The summed E-state index contributed by atoms with van der Waals surface area (Å²) in [7, 11) is 1.90. The summed E-state index contributed by atoms with van der Waals surface area (Å²) in [4.78, 5) is 5.87. The number of nitrogens with one attached hydrogen (secondary N) is 1. The molecule has 3 nitrogen and oxygen atoms in total. The predicted octanol–water partition coefficient (Wildman–Crippen LogP) is 2.30. The van der Waals surface area contributed by atoms with Crippen molar-refractivity contribution in [3.63, 3.8) is 0 Å². The van der Waals surface area contributed by atoms with Gasteiger partial charge in [0, 0.05) is 19.7 Å². The SMILES string of the molecule is CCCC(=N)N(C)c1cccnc1. The molecule has 0 aromatic carbocycles. The van der Waals surface area contributed by atoms with Crippen LogP contribution >= 0.6 is 0 Å². The van der Waals surface area contributed by atoms with E-state index in [1.807, 2.05) is 24.1 Å². The van der Waals surface area contributed by atoms with E-state index in [-0.39, 0.29) is 0 Å². The highest BCUT2D eigenvalue weighted by molar-refractivity contribution is 5.94. The summed E-state index contributed by atoms with van der Waals surface area (Å²) >= 11 is 0. The van der Waals surface area contributed by atoms with Crippen LogP contribution in [0.25, 0.3) is 0 Å². The van der Waals surface area contributed by atoms with Gasteiger partial charge in [-0.3, -0.25) is 10.4 Å². The zero-order chi connectivity index (χ0) is 9.68. The van der Waals surface area contributed by atoms with Crippen LogP contribution in [-0.4, -0.2) is 17.9 Å². The Morgan fingerprint density at radius 3 is 2.92 bits per heavy atom. The number of amidine groups is 1. The summed E-state index contributed by atoms with van der Waals surface area (Å²) in [5.41, 5.74) is 0.973. The number of anilines is 1. The highest BCUT2D eigenvalue weighted by atomic mass is 15.1. The first-order valence-corrected chi connectivity index (χ1v) is 4.47. The lowest BCUT2D eigenvalue weighted by molar-refractivity contribution is 0.957. The molecule has 1 rings (SSSR count). The van der Waals surface area contributed by atoms with Gasteiger partial charge in [-0.1, -0.05) is 6.92 Å². The molecule has 0 unspecified atom stereocenters. The molecular formula is C10H15N3. The molecule has 3 heteroatoms. The molecule has 0 fully saturated rings. The minimum Gasteiger partial charge on any atom is -0.332 e. The van der Waals surface area contributed by atoms with Crippen molar-refractivity contribution in [2.75, 3.05) is 11.9 Å². The number of aromatic nitrogens is 1. The minimum atomic E-state index is 0.635. The molecule has 1 aromatic rings. The highest BCUT2D eigenvalue weighted by Crippen LogP contribution is 2.10. The lowest BCUT2D eigenvalue weighted by atomic mass is 10.3. The van der Waals surface area contributed by atoms with Crippen molar-refractivity contribution in [2.45, 2.75) is 19.8 Å². The van der Waals surface area contributed by atoms with E-state index in [9.17, 15) is 0 Å². The van der Waals surface area contributed by atoms with E-state index < -0.39 is 0 Å². The van der Waals surface area contributed by atoms with Crippen molar-refractivity contribution in [3.8, 4) is 0 Å². The molecule has 0 aliphatic carbocycles. The Kier molecular flexibility index (Phi) is 3.43. The van der Waals surface area contributed by atoms with Crippen LogP contribution in [0, 0.1) is 5.41 Å². The van der Waals surface area contributed by atoms with Gasteiger partial charge in [0.25, 0.3) is 0 Å². The van der Waals surface area contributed by atoms with E-state index in [0.29, 0.717) is 5.84 Å². The van der Waals surface area contributed by atoms with E-state index in [1.54, 1.807) is 12.4 Å². The molecule has 1 aromatic heterocycles. The lowest BCUT2D eigenvalue weighted by Crippen LogP contribution is -2.24. The molecule has 0 saturated heterocycles. The van der Waals surface area contributed by atoms with Gasteiger partial charge >= 0.3 is 0 Å². The van der Waals surface area contributed by atoms with Crippen LogP contribution in [0.5, 0.6) is 0 Å². The third-order valence-electron chi connectivity index (χ3n) is 1.92. The fourth-order valence-corrected chi connectivity index (χ4v) is 1.11. The minimum absolute atomic E-state index is 0.635. The second-order valence-electron chi connectivity index (χ2n) is 2.97. The van der Waals surface area contributed by atoms with Gasteiger partial charge < -0.3 is 4.90 Å². The van der Waals surface area contributed by atoms with Crippen molar-refractivity contribution in [3.05, 3.63) is 24.5 Å². The van der Waals surface area contributed by atoms with Gasteiger partial charge in [0.1, 0.15) is 0 Å². The Morgan fingerprint density at radius 2 is 2.38 bits per heavy atom. The van der Waals surface area contributed by atoms with Gasteiger partial charge in [0.2, 0.25) is 0 Å². The molecule has 0 aliphatic heterocycles. The number of hydrogen-bond donors (Lipinski definition) is 1. The molecule has 1 heterocycles. The lowest BCUT2D eigenvalue weighted by Gasteiger charge is -2.18. The smallest absolute Gasteiger partial charge is 0.1000 e. The standard InChI is InChI=1S/C10H15N3/c1-3-5-10(11)13(2)9-6-4-7-12-8-9/h4,6-8,11H,3,5H2,1-2H3. The third kappa shape index (κ3) is 2.54. The van der Waals surface area contributed by atoms with Crippen molar-refractivity contribution in [1.29, 1.82) is 5.41 Å². The molecule has 0 spiro atoms. The van der Waals surface area contributed by atoms with E-state index in [0.717, 1.165) is 18.5 Å². The number of hydrogen-bond acceptors (Lipinski definition) is 2. The Hall–Kier alpha value is -1.38. The van der Waals surface area contributed by atoms with Gasteiger partial charge in [-0.2, -0.15) is 0 Å². The van der Waals surface area contributed by atoms with Gasteiger partial charge in [0.05, 0.1) is 17.7 Å². The van der Waals surface area contributed by atoms with E-state index in [1.165, 1.54) is 0 Å². The fraction of sp³-hybridized carbons (Fsp3) is 0.400. The summed E-state index contributed by atoms with van der Waals surface area (Å²) < 4.78 is 0. The Bertz CT molecular complexity index is 269. The quantitative estimate of drug-likeness (QED) is 0.568. The highest BCUT2D eigenvalue weighted by Gasteiger charge is 2.04. The largest absolute Gasteiger partial charge is 0.332 e. The van der Waals surface area contributed by atoms with Crippen LogP contribution in [0.3, 0.4) is 0 Å². The first-order valence-electron chi connectivity index (χ1n) is 4.47. The van der Waals surface area contributed by atoms with E-state index >= 15 is 0 Å². The number of nitrogens with zero attached hydrogens (tertiary/aromatic N) is 2. The molecule has 1 N–H and O–H groups in total. The monoisotopic (exact) mass is 177 g/mol. The summed E-state index contributed by atoms with van der Waals surface area (Å²) in [5, 5.41) is 7.73. The van der Waals surface area contributed by atoms with Gasteiger partial charge in [0.15, 0.2) is 0 Å². The van der Waals surface area contributed by atoms with Crippen molar-refractivity contribution < 1.29 is 0 Å². The molecule has 0 bridgehead atoms. The van der Waals surface area contributed by atoms with Crippen molar-refractivity contribution >= 4 is 11.5 Å². The average Bonchev–Trinajstić information content (AvgIpc) is 2.18. The van der Waals surface area contributed by atoms with Crippen LogP contribution in [-0.2, 0) is 0 Å². The Labute approximate surface area is 78.9 Å². The average molecular weight is 177 g/mol. The number of pyridine rings is 1.